The molecular weight excluding hydrogens is 248 g/mol. The Bertz CT molecular complexity index is 593. The summed E-state index contributed by atoms with van der Waals surface area (Å²) in [4.78, 5) is 12.0. The Balaban J connectivity index is 2.00. The smallest absolute Gasteiger partial charge is 0.319 e. The van der Waals surface area contributed by atoms with Crippen molar-refractivity contribution in [2.75, 3.05) is 5.32 Å². The van der Waals surface area contributed by atoms with Crippen molar-refractivity contribution in [2.24, 2.45) is 0 Å². The van der Waals surface area contributed by atoms with Crippen molar-refractivity contribution in [1.29, 1.82) is 0 Å². The molecule has 3 heteroatoms. The lowest BCUT2D eigenvalue weighted by Gasteiger charge is -2.17. The number of anilines is 1. The second-order valence-electron chi connectivity index (χ2n) is 5.05. The van der Waals surface area contributed by atoms with E-state index in [1.54, 1.807) is 0 Å². The van der Waals surface area contributed by atoms with Gasteiger partial charge in [-0.25, -0.2) is 4.79 Å². The summed E-state index contributed by atoms with van der Waals surface area (Å²) in [5.41, 5.74) is 4.35. The summed E-state index contributed by atoms with van der Waals surface area (Å²) in [5, 5.41) is 5.78. The molecule has 0 saturated carbocycles. The largest absolute Gasteiger partial charge is 0.331 e. The molecule has 1 atom stereocenters. The van der Waals surface area contributed by atoms with E-state index in [4.69, 9.17) is 0 Å². The second-order valence-corrected chi connectivity index (χ2v) is 5.05. The molecule has 2 amide bonds. The molecule has 2 N–H and O–H groups in total. The Hall–Kier alpha value is -2.29. The summed E-state index contributed by atoms with van der Waals surface area (Å²) in [6.07, 6.45) is 0. The number of urea groups is 1. The van der Waals surface area contributed by atoms with Crippen molar-refractivity contribution in [1.82, 2.24) is 5.32 Å². The van der Waals surface area contributed by atoms with Gasteiger partial charge in [0.25, 0.3) is 0 Å². The third-order valence-electron chi connectivity index (χ3n) is 3.27. The number of aryl methyl sites for hydroxylation is 2. The Morgan fingerprint density at radius 1 is 1.05 bits per heavy atom. The highest BCUT2D eigenvalue weighted by molar-refractivity contribution is 5.89. The number of rotatable bonds is 3. The van der Waals surface area contributed by atoms with Gasteiger partial charge in [-0.3, -0.25) is 0 Å². The monoisotopic (exact) mass is 268 g/mol. The number of hydrogen-bond acceptors (Lipinski definition) is 1. The SMILES string of the molecule is Cc1ccc([C@H](C)NC(=O)Nc2ccccc2)c(C)c1. The predicted molar refractivity (Wildman–Crippen MR) is 82.9 cm³/mol. The van der Waals surface area contributed by atoms with Gasteiger partial charge >= 0.3 is 6.03 Å². The van der Waals surface area contributed by atoms with Crippen molar-refractivity contribution in [2.45, 2.75) is 26.8 Å². The lowest BCUT2D eigenvalue weighted by atomic mass is 10.0. The molecule has 2 aromatic rings. The zero-order valence-corrected chi connectivity index (χ0v) is 12.1. The van der Waals surface area contributed by atoms with Gasteiger partial charge in [-0.15, -0.1) is 0 Å². The third kappa shape index (κ3) is 3.60. The first kappa shape index (κ1) is 14.1. The molecule has 0 saturated heterocycles. The van der Waals surface area contributed by atoms with Gasteiger partial charge in [-0.2, -0.15) is 0 Å². The Kier molecular flexibility index (Phi) is 4.41. The maximum absolute atomic E-state index is 12.0. The molecule has 0 heterocycles. The molecule has 0 aromatic heterocycles. The normalized spacial score (nSPS) is 11.8. The molecule has 20 heavy (non-hydrogen) atoms. The minimum atomic E-state index is -0.191. The van der Waals surface area contributed by atoms with Crippen LogP contribution >= 0.6 is 0 Å². The Morgan fingerprint density at radius 3 is 2.40 bits per heavy atom. The molecule has 0 fully saturated rings. The van der Waals surface area contributed by atoms with Crippen LogP contribution in [0.5, 0.6) is 0 Å². The van der Waals surface area contributed by atoms with Crippen molar-refractivity contribution >= 4 is 11.7 Å². The summed E-state index contributed by atoms with van der Waals surface area (Å²) in [6, 6.07) is 15.5. The summed E-state index contributed by atoms with van der Waals surface area (Å²) in [6.45, 7) is 6.12. The molecule has 0 aliphatic heterocycles. The molecule has 0 aliphatic rings. The zero-order chi connectivity index (χ0) is 14.5. The van der Waals surface area contributed by atoms with Gasteiger partial charge in [-0.05, 0) is 44.0 Å². The number of amides is 2. The van der Waals surface area contributed by atoms with Crippen molar-refractivity contribution in [3.8, 4) is 0 Å². The highest BCUT2D eigenvalue weighted by Crippen LogP contribution is 2.18. The van der Waals surface area contributed by atoms with Gasteiger partial charge in [0.1, 0.15) is 0 Å². The van der Waals surface area contributed by atoms with E-state index < -0.39 is 0 Å². The summed E-state index contributed by atoms with van der Waals surface area (Å²) in [7, 11) is 0. The first-order valence-electron chi connectivity index (χ1n) is 6.76. The molecule has 0 aliphatic carbocycles. The topological polar surface area (TPSA) is 41.1 Å². The van der Waals surface area contributed by atoms with Crippen LogP contribution < -0.4 is 10.6 Å². The Morgan fingerprint density at radius 2 is 1.75 bits per heavy atom. The molecule has 0 bridgehead atoms. The fraction of sp³-hybridized carbons (Fsp3) is 0.235. The molecular formula is C17H20N2O. The van der Waals surface area contributed by atoms with Crippen LogP contribution in [-0.4, -0.2) is 6.03 Å². The lowest BCUT2D eigenvalue weighted by molar-refractivity contribution is 0.249. The Labute approximate surface area is 120 Å². The summed E-state index contributed by atoms with van der Waals surface area (Å²) in [5.74, 6) is 0. The van der Waals surface area contributed by atoms with Crippen molar-refractivity contribution in [3.05, 3.63) is 65.2 Å². The second kappa shape index (κ2) is 6.24. The van der Waals surface area contributed by atoms with Crippen LogP contribution in [0.25, 0.3) is 0 Å². The highest BCUT2D eigenvalue weighted by Gasteiger charge is 2.11. The molecule has 2 aromatic carbocycles. The van der Waals surface area contributed by atoms with E-state index in [0.717, 1.165) is 11.3 Å². The van der Waals surface area contributed by atoms with E-state index in [9.17, 15) is 4.79 Å². The molecule has 0 unspecified atom stereocenters. The fourth-order valence-electron chi connectivity index (χ4n) is 2.27. The maximum atomic E-state index is 12.0. The van der Waals surface area contributed by atoms with E-state index in [2.05, 4.69) is 42.7 Å². The zero-order valence-electron chi connectivity index (χ0n) is 12.1. The van der Waals surface area contributed by atoms with E-state index in [0.29, 0.717) is 0 Å². The van der Waals surface area contributed by atoms with Gasteiger partial charge < -0.3 is 10.6 Å². The van der Waals surface area contributed by atoms with Gasteiger partial charge in [0.2, 0.25) is 0 Å². The van der Waals surface area contributed by atoms with E-state index >= 15 is 0 Å². The summed E-state index contributed by atoms with van der Waals surface area (Å²) >= 11 is 0. The number of carbonyl (C=O) groups is 1. The van der Waals surface area contributed by atoms with Crippen LogP contribution in [0.15, 0.2) is 48.5 Å². The minimum absolute atomic E-state index is 0.0284. The van der Waals surface area contributed by atoms with Crippen LogP contribution in [0.4, 0.5) is 10.5 Å². The highest BCUT2D eigenvalue weighted by atomic mass is 16.2. The van der Waals surface area contributed by atoms with Gasteiger partial charge in [0.05, 0.1) is 6.04 Å². The van der Waals surface area contributed by atoms with Crippen molar-refractivity contribution in [3.63, 3.8) is 0 Å². The third-order valence-corrected chi connectivity index (χ3v) is 3.27. The first-order chi connectivity index (χ1) is 9.56. The minimum Gasteiger partial charge on any atom is -0.331 e. The maximum Gasteiger partial charge on any atom is 0.319 e. The average molecular weight is 268 g/mol. The van der Waals surface area contributed by atoms with Crippen LogP contribution in [-0.2, 0) is 0 Å². The van der Waals surface area contributed by atoms with Gasteiger partial charge in [-0.1, -0.05) is 42.0 Å². The van der Waals surface area contributed by atoms with Gasteiger partial charge in [0.15, 0.2) is 0 Å². The molecule has 0 spiro atoms. The predicted octanol–water partition coefficient (Wildman–Crippen LogP) is 4.19. The van der Waals surface area contributed by atoms with Crippen LogP contribution in [0.3, 0.4) is 0 Å². The van der Waals surface area contributed by atoms with E-state index in [1.165, 1.54) is 11.1 Å². The number of benzene rings is 2. The first-order valence-corrected chi connectivity index (χ1v) is 6.76. The quantitative estimate of drug-likeness (QED) is 0.861. The number of hydrogen-bond donors (Lipinski definition) is 2. The van der Waals surface area contributed by atoms with E-state index in [-0.39, 0.29) is 12.1 Å². The van der Waals surface area contributed by atoms with Crippen LogP contribution in [0.1, 0.15) is 29.7 Å². The average Bonchev–Trinajstić information content (AvgIpc) is 2.39. The molecule has 3 nitrogen and oxygen atoms in total. The van der Waals surface area contributed by atoms with Crippen LogP contribution in [0.2, 0.25) is 0 Å². The fourth-order valence-corrected chi connectivity index (χ4v) is 2.27. The molecule has 2 rings (SSSR count). The number of para-hydroxylation sites is 1. The van der Waals surface area contributed by atoms with Gasteiger partial charge in [0, 0.05) is 5.69 Å². The summed E-state index contributed by atoms with van der Waals surface area (Å²) < 4.78 is 0. The van der Waals surface area contributed by atoms with Crippen LogP contribution in [0, 0.1) is 13.8 Å². The number of carbonyl (C=O) groups excluding carboxylic acids is 1. The number of nitrogens with one attached hydrogen (secondary N) is 2. The molecule has 104 valence electrons. The van der Waals surface area contributed by atoms with Crippen molar-refractivity contribution < 1.29 is 4.79 Å². The van der Waals surface area contributed by atoms with E-state index in [1.807, 2.05) is 37.3 Å². The standard InChI is InChI=1S/C17H20N2O/c1-12-9-10-16(13(2)11-12)14(3)18-17(20)19-15-7-5-4-6-8-15/h4-11,14H,1-3H3,(H2,18,19,20)/t14-/m0/s1. The molecule has 0 radical (unpaired) electrons. The lowest BCUT2D eigenvalue weighted by Crippen LogP contribution is -2.31.